The van der Waals surface area contributed by atoms with Crippen LogP contribution in [0.3, 0.4) is 0 Å². The second-order valence-electron chi connectivity index (χ2n) is 8.22. The number of carbonyl (C=O) groups excluding carboxylic acids is 1. The fourth-order valence-corrected chi connectivity index (χ4v) is 6.52. The molecule has 4 bridgehead atoms. The standard InChI is InChI=1S/C19H22O2/c1-12-2-4-15(5-3-12)19-9-13-6-14(10-19)8-18(7-13)11-16(20)21-17(18)19/h2-5,13-14,17H,6-11H2,1H3/t13?,14?,17-,18?,19?/m0/s1. The minimum atomic E-state index is 0.0553. The van der Waals surface area contributed by atoms with Crippen LogP contribution in [0.2, 0.25) is 0 Å². The highest BCUT2D eigenvalue weighted by atomic mass is 16.6. The molecule has 21 heavy (non-hydrogen) atoms. The molecule has 5 fully saturated rings. The largest absolute Gasteiger partial charge is 0.461 e. The van der Waals surface area contributed by atoms with E-state index in [4.69, 9.17) is 4.74 Å². The quantitative estimate of drug-likeness (QED) is 0.733. The van der Waals surface area contributed by atoms with E-state index in [1.54, 1.807) is 0 Å². The summed E-state index contributed by atoms with van der Waals surface area (Å²) >= 11 is 0. The van der Waals surface area contributed by atoms with Gasteiger partial charge < -0.3 is 4.74 Å². The second kappa shape index (κ2) is 3.71. The van der Waals surface area contributed by atoms with Gasteiger partial charge in [-0.1, -0.05) is 29.8 Å². The maximum absolute atomic E-state index is 12.1. The van der Waals surface area contributed by atoms with E-state index >= 15 is 0 Å². The number of carbonyl (C=O) groups is 1. The van der Waals surface area contributed by atoms with Gasteiger partial charge in [0.25, 0.3) is 0 Å². The van der Waals surface area contributed by atoms with Crippen LogP contribution in [-0.4, -0.2) is 12.1 Å². The van der Waals surface area contributed by atoms with Crippen molar-refractivity contribution in [3.63, 3.8) is 0 Å². The number of rotatable bonds is 1. The molecular weight excluding hydrogens is 260 g/mol. The number of hydrogen-bond acceptors (Lipinski definition) is 2. The van der Waals surface area contributed by atoms with Crippen molar-refractivity contribution < 1.29 is 9.53 Å². The number of esters is 1. The Kier molecular flexibility index (Phi) is 2.17. The molecule has 1 aliphatic heterocycles. The van der Waals surface area contributed by atoms with Crippen molar-refractivity contribution >= 4 is 5.97 Å². The first-order valence-electron chi connectivity index (χ1n) is 8.36. The average molecular weight is 282 g/mol. The normalized spacial score (nSPS) is 46.5. The Bertz CT molecular complexity index is 601. The lowest BCUT2D eigenvalue weighted by molar-refractivity contribution is -0.164. The predicted octanol–water partition coefficient (Wildman–Crippen LogP) is 3.76. The molecule has 1 heterocycles. The number of benzene rings is 1. The zero-order chi connectivity index (χ0) is 14.2. The highest BCUT2D eigenvalue weighted by molar-refractivity contribution is 5.74. The van der Waals surface area contributed by atoms with Gasteiger partial charge in [-0.05, 0) is 56.4 Å². The molecule has 0 aromatic heterocycles. The Morgan fingerprint density at radius 3 is 2.38 bits per heavy atom. The molecule has 1 aromatic carbocycles. The van der Waals surface area contributed by atoms with E-state index in [1.807, 2.05) is 0 Å². The van der Waals surface area contributed by atoms with Gasteiger partial charge in [0, 0.05) is 10.8 Å². The van der Waals surface area contributed by atoms with E-state index in [9.17, 15) is 4.79 Å². The van der Waals surface area contributed by atoms with E-state index in [-0.39, 0.29) is 22.9 Å². The molecular formula is C19H22O2. The monoisotopic (exact) mass is 282 g/mol. The lowest BCUT2D eigenvalue weighted by atomic mass is 9.41. The summed E-state index contributed by atoms with van der Waals surface area (Å²) in [6.07, 6.45) is 7.13. The first kappa shape index (κ1) is 12.3. The van der Waals surface area contributed by atoms with Crippen LogP contribution < -0.4 is 0 Å². The minimum Gasteiger partial charge on any atom is -0.461 e. The van der Waals surface area contributed by atoms with E-state index < -0.39 is 0 Å². The fraction of sp³-hybridized carbons (Fsp3) is 0.632. The number of hydrogen-bond donors (Lipinski definition) is 0. The van der Waals surface area contributed by atoms with Crippen molar-refractivity contribution in [2.75, 3.05) is 0 Å². The lowest BCUT2D eigenvalue weighted by Gasteiger charge is -2.63. The molecule has 0 radical (unpaired) electrons. The van der Waals surface area contributed by atoms with Crippen molar-refractivity contribution in [1.29, 1.82) is 0 Å². The molecule has 110 valence electrons. The van der Waals surface area contributed by atoms with Gasteiger partial charge in [0.05, 0.1) is 6.42 Å². The smallest absolute Gasteiger partial charge is 0.306 e. The van der Waals surface area contributed by atoms with E-state index in [1.165, 1.54) is 43.2 Å². The van der Waals surface area contributed by atoms with Crippen LogP contribution in [0.25, 0.3) is 0 Å². The third kappa shape index (κ3) is 1.46. The van der Waals surface area contributed by atoms with Gasteiger partial charge in [0.2, 0.25) is 0 Å². The first-order chi connectivity index (χ1) is 10.1. The molecule has 1 saturated heterocycles. The molecule has 4 aliphatic carbocycles. The summed E-state index contributed by atoms with van der Waals surface area (Å²) in [5, 5.41) is 0. The van der Waals surface area contributed by atoms with Gasteiger partial charge in [-0.3, -0.25) is 4.79 Å². The first-order valence-corrected chi connectivity index (χ1v) is 8.36. The molecule has 6 rings (SSSR count). The fourth-order valence-electron chi connectivity index (χ4n) is 6.52. The van der Waals surface area contributed by atoms with Gasteiger partial charge in [0.1, 0.15) is 6.10 Å². The average Bonchev–Trinajstić information content (AvgIpc) is 2.75. The topological polar surface area (TPSA) is 26.3 Å². The van der Waals surface area contributed by atoms with Crippen LogP contribution in [0.5, 0.6) is 0 Å². The molecule has 2 unspecified atom stereocenters. The van der Waals surface area contributed by atoms with Crippen molar-refractivity contribution in [2.45, 2.75) is 57.0 Å². The van der Waals surface area contributed by atoms with Crippen LogP contribution in [-0.2, 0) is 14.9 Å². The SMILES string of the molecule is Cc1ccc(C23CC4CC(CC5(CC(=O)O[C@@H]52)C4)C3)cc1. The van der Waals surface area contributed by atoms with Gasteiger partial charge in [-0.15, -0.1) is 0 Å². The summed E-state index contributed by atoms with van der Waals surface area (Å²) in [5.74, 6) is 1.67. The summed E-state index contributed by atoms with van der Waals surface area (Å²) in [4.78, 5) is 12.1. The zero-order valence-electron chi connectivity index (χ0n) is 12.6. The summed E-state index contributed by atoms with van der Waals surface area (Å²) in [7, 11) is 0. The third-order valence-corrected chi connectivity index (χ3v) is 6.79. The molecule has 1 aromatic rings. The van der Waals surface area contributed by atoms with Gasteiger partial charge in [0.15, 0.2) is 0 Å². The van der Waals surface area contributed by atoms with Crippen LogP contribution in [0, 0.1) is 24.2 Å². The Balaban J connectivity index is 1.68. The molecule has 5 aliphatic rings. The van der Waals surface area contributed by atoms with E-state index in [0.29, 0.717) is 6.42 Å². The van der Waals surface area contributed by atoms with Crippen LogP contribution in [0.1, 0.15) is 49.7 Å². The van der Waals surface area contributed by atoms with E-state index in [0.717, 1.165) is 11.8 Å². The van der Waals surface area contributed by atoms with Crippen molar-refractivity contribution in [2.24, 2.45) is 17.3 Å². The lowest BCUT2D eigenvalue weighted by Crippen LogP contribution is -2.62. The minimum absolute atomic E-state index is 0.0553. The van der Waals surface area contributed by atoms with Crippen LogP contribution in [0.4, 0.5) is 0 Å². The number of ether oxygens (including phenoxy) is 1. The summed E-state index contributed by atoms with van der Waals surface area (Å²) in [5.41, 5.74) is 3.02. The van der Waals surface area contributed by atoms with Crippen molar-refractivity contribution in [3.8, 4) is 0 Å². The van der Waals surface area contributed by atoms with Crippen LogP contribution in [0.15, 0.2) is 24.3 Å². The van der Waals surface area contributed by atoms with Gasteiger partial charge >= 0.3 is 5.97 Å². The van der Waals surface area contributed by atoms with E-state index in [2.05, 4.69) is 31.2 Å². The molecule has 3 atom stereocenters. The van der Waals surface area contributed by atoms with Crippen molar-refractivity contribution in [3.05, 3.63) is 35.4 Å². The molecule has 2 nitrogen and oxygen atoms in total. The molecule has 2 heteroatoms. The summed E-state index contributed by atoms with van der Waals surface area (Å²) < 4.78 is 5.94. The van der Waals surface area contributed by atoms with Crippen LogP contribution >= 0.6 is 0 Å². The second-order valence-corrected chi connectivity index (χ2v) is 8.22. The Morgan fingerprint density at radius 1 is 1.05 bits per heavy atom. The Morgan fingerprint density at radius 2 is 1.71 bits per heavy atom. The third-order valence-electron chi connectivity index (χ3n) is 6.79. The maximum Gasteiger partial charge on any atom is 0.306 e. The highest BCUT2D eigenvalue weighted by Crippen LogP contribution is 2.69. The van der Waals surface area contributed by atoms with Crippen molar-refractivity contribution in [1.82, 2.24) is 0 Å². The zero-order valence-corrected chi connectivity index (χ0v) is 12.6. The molecule has 1 spiro atoms. The molecule has 0 amide bonds. The number of aryl methyl sites for hydroxylation is 1. The highest BCUT2D eigenvalue weighted by Gasteiger charge is 2.68. The maximum atomic E-state index is 12.1. The molecule has 0 N–H and O–H groups in total. The molecule has 4 saturated carbocycles. The van der Waals surface area contributed by atoms with Gasteiger partial charge in [-0.25, -0.2) is 0 Å². The Hall–Kier alpha value is -1.31. The summed E-state index contributed by atoms with van der Waals surface area (Å²) in [6.45, 7) is 2.14. The van der Waals surface area contributed by atoms with Gasteiger partial charge in [-0.2, -0.15) is 0 Å². The predicted molar refractivity (Wildman–Crippen MR) is 79.9 cm³/mol. The Labute approximate surface area is 125 Å². The summed E-state index contributed by atoms with van der Waals surface area (Å²) in [6, 6.07) is 9.03.